The van der Waals surface area contributed by atoms with E-state index in [2.05, 4.69) is 4.98 Å². The Kier molecular flexibility index (Phi) is 3.85. The highest BCUT2D eigenvalue weighted by Crippen LogP contribution is 2.28. The fourth-order valence-electron chi connectivity index (χ4n) is 1.46. The van der Waals surface area contributed by atoms with Crippen LogP contribution < -0.4 is 4.31 Å². The van der Waals surface area contributed by atoms with Crippen LogP contribution in [0.1, 0.15) is 10.6 Å². The number of anilines is 1. The summed E-state index contributed by atoms with van der Waals surface area (Å²) < 4.78 is 26.0. The zero-order valence-corrected chi connectivity index (χ0v) is 13.1. The molecule has 0 bridgehead atoms. The molecule has 2 rings (SSSR count). The number of aromatic nitrogens is 1. The molecule has 1 heterocycles. The van der Waals surface area contributed by atoms with E-state index in [-0.39, 0.29) is 4.90 Å². The van der Waals surface area contributed by atoms with Crippen molar-refractivity contribution < 1.29 is 8.42 Å². The topological polar surface area (TPSA) is 50.3 Å². The van der Waals surface area contributed by atoms with Gasteiger partial charge in [0.2, 0.25) is 0 Å². The summed E-state index contributed by atoms with van der Waals surface area (Å²) in [6.45, 7) is 3.78. The Morgan fingerprint density at radius 1 is 1.21 bits per heavy atom. The first-order valence-corrected chi connectivity index (χ1v) is 8.14. The molecule has 0 radical (unpaired) electrons. The molecule has 0 aliphatic rings. The number of benzene rings is 1. The van der Waals surface area contributed by atoms with Gasteiger partial charge in [0.25, 0.3) is 10.0 Å². The van der Waals surface area contributed by atoms with Gasteiger partial charge in [-0.2, -0.15) is 0 Å². The monoisotopic (exact) mass is 316 g/mol. The van der Waals surface area contributed by atoms with Crippen molar-refractivity contribution in [3.63, 3.8) is 0 Å². The number of aryl methyl sites for hydroxylation is 2. The van der Waals surface area contributed by atoms with Crippen LogP contribution in [0.3, 0.4) is 0 Å². The van der Waals surface area contributed by atoms with Crippen LogP contribution in [-0.2, 0) is 10.0 Å². The number of nitrogens with zero attached hydrogens (tertiary/aromatic N) is 2. The molecule has 4 nitrogen and oxygen atoms in total. The van der Waals surface area contributed by atoms with Gasteiger partial charge in [-0.05, 0) is 38.1 Å². The van der Waals surface area contributed by atoms with Crippen LogP contribution in [0.5, 0.6) is 0 Å². The number of halogens is 1. The summed E-state index contributed by atoms with van der Waals surface area (Å²) >= 11 is 7.12. The van der Waals surface area contributed by atoms with E-state index in [9.17, 15) is 8.42 Å². The normalized spacial score (nSPS) is 11.6. The van der Waals surface area contributed by atoms with E-state index in [1.165, 1.54) is 34.8 Å². The van der Waals surface area contributed by atoms with E-state index in [0.717, 1.165) is 10.6 Å². The van der Waals surface area contributed by atoms with Crippen molar-refractivity contribution in [2.75, 3.05) is 11.4 Å². The van der Waals surface area contributed by atoms with Crippen molar-refractivity contribution in [2.45, 2.75) is 18.7 Å². The first-order valence-electron chi connectivity index (χ1n) is 5.51. The molecule has 0 spiro atoms. The van der Waals surface area contributed by atoms with Crippen molar-refractivity contribution in [2.24, 2.45) is 0 Å². The van der Waals surface area contributed by atoms with Crippen molar-refractivity contribution in [1.82, 2.24) is 4.98 Å². The van der Waals surface area contributed by atoms with Crippen LogP contribution in [-0.4, -0.2) is 20.4 Å². The van der Waals surface area contributed by atoms with E-state index >= 15 is 0 Å². The molecule has 7 heteroatoms. The smallest absolute Gasteiger partial charge is 0.244 e. The largest absolute Gasteiger partial charge is 0.265 e. The highest BCUT2D eigenvalue weighted by Gasteiger charge is 2.23. The summed E-state index contributed by atoms with van der Waals surface area (Å²) in [6, 6.07) is 6.09. The van der Waals surface area contributed by atoms with Crippen LogP contribution >= 0.6 is 22.9 Å². The molecule has 0 saturated heterocycles. The highest BCUT2D eigenvalue weighted by atomic mass is 35.5. The summed E-state index contributed by atoms with van der Waals surface area (Å²) in [5.74, 6) is 0. The number of sulfonamides is 1. The molecule has 2 aromatic rings. The molecular weight excluding hydrogens is 304 g/mol. The second-order valence-corrected chi connectivity index (χ2v) is 7.65. The van der Waals surface area contributed by atoms with Gasteiger partial charge in [-0.15, -0.1) is 11.3 Å². The number of rotatable bonds is 3. The molecule has 102 valence electrons. The Hall–Kier alpha value is -1.11. The van der Waals surface area contributed by atoms with Gasteiger partial charge >= 0.3 is 0 Å². The van der Waals surface area contributed by atoms with Crippen molar-refractivity contribution in [1.29, 1.82) is 0 Å². The Balaban J connectivity index is 2.41. The summed E-state index contributed by atoms with van der Waals surface area (Å²) in [4.78, 5) is 5.47. The molecule has 0 aliphatic carbocycles. The highest BCUT2D eigenvalue weighted by molar-refractivity contribution is 7.93. The standard InChI is InChI=1S/C12H13ClN2O2S2/c1-8-9(2)18-12(14-8)15(3)19(16,17)11-6-4-10(13)5-7-11/h4-7H,1-3H3. The Labute approximate surface area is 121 Å². The minimum Gasteiger partial charge on any atom is -0.244 e. The Morgan fingerprint density at radius 2 is 1.79 bits per heavy atom. The number of thiazole rings is 1. The minimum atomic E-state index is -3.59. The lowest BCUT2D eigenvalue weighted by molar-refractivity contribution is 0.594. The SMILES string of the molecule is Cc1nc(N(C)S(=O)(=O)c2ccc(Cl)cc2)sc1C. The molecule has 0 aliphatic heterocycles. The maximum Gasteiger partial charge on any atom is 0.265 e. The van der Waals surface area contributed by atoms with Crippen molar-refractivity contribution >= 4 is 38.1 Å². The van der Waals surface area contributed by atoms with Crippen molar-refractivity contribution in [3.05, 3.63) is 39.9 Å². The maximum absolute atomic E-state index is 12.4. The third-order valence-corrected chi connectivity index (χ3v) is 6.04. The zero-order valence-electron chi connectivity index (χ0n) is 10.7. The maximum atomic E-state index is 12.4. The van der Waals surface area contributed by atoms with Gasteiger partial charge < -0.3 is 0 Å². The van der Waals surface area contributed by atoms with Gasteiger partial charge in [0.05, 0.1) is 10.6 Å². The first-order chi connectivity index (χ1) is 8.82. The second kappa shape index (κ2) is 5.11. The Bertz CT molecular complexity index is 674. The lowest BCUT2D eigenvalue weighted by Crippen LogP contribution is -2.26. The fraction of sp³-hybridized carbons (Fsp3) is 0.250. The van der Waals surface area contributed by atoms with E-state index in [1.807, 2.05) is 13.8 Å². The van der Waals surface area contributed by atoms with E-state index in [4.69, 9.17) is 11.6 Å². The molecule has 1 aromatic heterocycles. The van der Waals surface area contributed by atoms with Gasteiger partial charge in [-0.3, -0.25) is 0 Å². The lowest BCUT2D eigenvalue weighted by atomic mass is 10.4. The van der Waals surface area contributed by atoms with Gasteiger partial charge in [0, 0.05) is 16.9 Å². The molecule has 0 atom stereocenters. The van der Waals surface area contributed by atoms with Crippen LogP contribution in [0.4, 0.5) is 5.13 Å². The van der Waals surface area contributed by atoms with Crippen LogP contribution in [0.2, 0.25) is 5.02 Å². The fourth-order valence-corrected chi connectivity index (χ4v) is 3.81. The molecule has 0 saturated carbocycles. The van der Waals surface area contributed by atoms with Crippen molar-refractivity contribution in [3.8, 4) is 0 Å². The van der Waals surface area contributed by atoms with Crippen LogP contribution in [0, 0.1) is 13.8 Å². The van der Waals surface area contributed by atoms with Crippen LogP contribution in [0.15, 0.2) is 29.2 Å². The molecule has 0 amide bonds. The average Bonchev–Trinajstić information content (AvgIpc) is 2.69. The van der Waals surface area contributed by atoms with E-state index in [0.29, 0.717) is 10.2 Å². The van der Waals surface area contributed by atoms with Gasteiger partial charge in [0.1, 0.15) is 0 Å². The average molecular weight is 317 g/mol. The second-order valence-electron chi connectivity index (χ2n) is 4.06. The van der Waals surface area contributed by atoms with Gasteiger partial charge in [-0.1, -0.05) is 11.6 Å². The molecule has 1 aromatic carbocycles. The van der Waals surface area contributed by atoms with Gasteiger partial charge in [-0.25, -0.2) is 17.7 Å². The molecule has 0 fully saturated rings. The predicted molar refractivity (Wildman–Crippen MR) is 78.6 cm³/mol. The summed E-state index contributed by atoms with van der Waals surface area (Å²) in [7, 11) is -2.09. The first kappa shape index (κ1) is 14.3. The lowest BCUT2D eigenvalue weighted by Gasteiger charge is -2.16. The summed E-state index contributed by atoms with van der Waals surface area (Å²) in [5.41, 5.74) is 0.846. The van der Waals surface area contributed by atoms with E-state index in [1.54, 1.807) is 12.1 Å². The predicted octanol–water partition coefficient (Wildman–Crippen LogP) is 3.24. The summed E-state index contributed by atoms with van der Waals surface area (Å²) in [5, 5.41) is 0.965. The molecule has 19 heavy (non-hydrogen) atoms. The minimum absolute atomic E-state index is 0.199. The molecule has 0 unspecified atom stereocenters. The third kappa shape index (κ3) is 2.75. The van der Waals surface area contributed by atoms with Gasteiger partial charge in [0.15, 0.2) is 5.13 Å². The zero-order chi connectivity index (χ0) is 14.2. The number of hydrogen-bond donors (Lipinski definition) is 0. The number of hydrogen-bond acceptors (Lipinski definition) is 4. The quantitative estimate of drug-likeness (QED) is 0.873. The summed E-state index contributed by atoms with van der Waals surface area (Å²) in [6.07, 6.45) is 0. The molecular formula is C12H13ClN2O2S2. The third-order valence-electron chi connectivity index (χ3n) is 2.76. The molecule has 0 N–H and O–H groups in total. The Morgan fingerprint density at radius 3 is 2.26 bits per heavy atom. The van der Waals surface area contributed by atoms with Crippen LogP contribution in [0.25, 0.3) is 0 Å². The van der Waals surface area contributed by atoms with E-state index < -0.39 is 10.0 Å².